The molecule has 1 heterocycles. The molecule has 3 rings (SSSR count). The van der Waals surface area contributed by atoms with Crippen molar-refractivity contribution in [3.05, 3.63) is 0 Å². The van der Waals surface area contributed by atoms with Crippen LogP contribution < -0.4 is 5.32 Å². The van der Waals surface area contributed by atoms with Gasteiger partial charge in [-0.2, -0.15) is 0 Å². The van der Waals surface area contributed by atoms with Crippen LogP contribution in [-0.2, 0) is 4.79 Å². The average Bonchev–Trinajstić information content (AvgIpc) is 3.10. The van der Waals surface area contributed by atoms with Gasteiger partial charge in [0.15, 0.2) is 0 Å². The van der Waals surface area contributed by atoms with E-state index in [4.69, 9.17) is 0 Å². The molecule has 0 aromatic heterocycles. The van der Waals surface area contributed by atoms with Gasteiger partial charge in [-0.25, -0.2) is 0 Å². The van der Waals surface area contributed by atoms with Crippen LogP contribution in [0.1, 0.15) is 53.4 Å². The highest BCUT2D eigenvalue weighted by atomic mass is 16.2. The molecule has 3 heteroatoms. The highest BCUT2D eigenvalue weighted by Crippen LogP contribution is 2.53. The first-order valence-electron chi connectivity index (χ1n) is 7.43. The quantitative estimate of drug-likeness (QED) is 0.831. The third-order valence-electron chi connectivity index (χ3n) is 5.07. The molecule has 3 nitrogen and oxygen atoms in total. The van der Waals surface area contributed by atoms with Crippen molar-refractivity contribution in [1.82, 2.24) is 10.2 Å². The van der Waals surface area contributed by atoms with Gasteiger partial charge in [-0.3, -0.25) is 10.1 Å². The summed E-state index contributed by atoms with van der Waals surface area (Å²) in [5.74, 6) is 1.74. The minimum Gasteiger partial charge on any atom is -0.325 e. The molecule has 2 aliphatic carbocycles. The summed E-state index contributed by atoms with van der Waals surface area (Å²) in [5, 5.41) is 3.61. The molecule has 3 fully saturated rings. The van der Waals surface area contributed by atoms with Crippen molar-refractivity contribution in [3.63, 3.8) is 0 Å². The lowest BCUT2D eigenvalue weighted by Crippen LogP contribution is -2.40. The number of amides is 1. The number of nitrogens with one attached hydrogen (secondary N) is 1. The van der Waals surface area contributed by atoms with E-state index in [1.54, 1.807) is 0 Å². The number of hydrogen-bond acceptors (Lipinski definition) is 2. The van der Waals surface area contributed by atoms with Gasteiger partial charge in [0.05, 0.1) is 11.7 Å². The van der Waals surface area contributed by atoms with E-state index in [9.17, 15) is 4.79 Å². The van der Waals surface area contributed by atoms with E-state index in [0.29, 0.717) is 23.2 Å². The molecule has 18 heavy (non-hydrogen) atoms. The molecule has 1 N–H and O–H groups in total. The fourth-order valence-corrected chi connectivity index (χ4v) is 3.33. The van der Waals surface area contributed by atoms with E-state index < -0.39 is 0 Å². The maximum absolute atomic E-state index is 12.5. The molecule has 2 unspecified atom stereocenters. The molecule has 1 saturated heterocycles. The summed E-state index contributed by atoms with van der Waals surface area (Å²) >= 11 is 0. The van der Waals surface area contributed by atoms with Crippen LogP contribution in [0.25, 0.3) is 0 Å². The normalized spacial score (nSPS) is 35.6. The number of carbonyl (C=O) groups is 1. The highest BCUT2D eigenvalue weighted by Gasteiger charge is 2.60. The Morgan fingerprint density at radius 1 is 1.39 bits per heavy atom. The van der Waals surface area contributed by atoms with E-state index in [-0.39, 0.29) is 11.7 Å². The second-order valence-corrected chi connectivity index (χ2v) is 7.72. The molecule has 1 spiro atoms. The molecule has 2 atom stereocenters. The molecule has 2 saturated carbocycles. The number of hydrogen-bond donors (Lipinski definition) is 1. The molecule has 1 amide bonds. The fraction of sp³-hybridized carbons (Fsp3) is 0.933. The number of rotatable bonds is 4. The molecule has 0 radical (unpaired) electrons. The summed E-state index contributed by atoms with van der Waals surface area (Å²) in [5.41, 5.74) is 0.320. The average molecular weight is 250 g/mol. The largest absolute Gasteiger partial charge is 0.325 e. The summed E-state index contributed by atoms with van der Waals surface area (Å²) in [4.78, 5) is 14.7. The van der Waals surface area contributed by atoms with Gasteiger partial charge in [-0.1, -0.05) is 27.7 Å². The summed E-state index contributed by atoms with van der Waals surface area (Å²) in [6, 6.07) is 0. The van der Waals surface area contributed by atoms with Crippen molar-refractivity contribution in [2.24, 2.45) is 17.3 Å². The van der Waals surface area contributed by atoms with E-state index in [2.05, 4.69) is 37.9 Å². The third kappa shape index (κ3) is 1.97. The van der Waals surface area contributed by atoms with Crippen LogP contribution in [0, 0.1) is 17.3 Å². The molecule has 102 valence electrons. The van der Waals surface area contributed by atoms with Crippen molar-refractivity contribution in [2.45, 2.75) is 65.1 Å². The SMILES string of the molecule is CC(C)CC1NC2(CC2)C(=O)N1CC1CC1(C)C. The van der Waals surface area contributed by atoms with Crippen molar-refractivity contribution in [1.29, 1.82) is 0 Å². The molecule has 0 aromatic carbocycles. The van der Waals surface area contributed by atoms with Crippen molar-refractivity contribution in [3.8, 4) is 0 Å². The first-order valence-corrected chi connectivity index (χ1v) is 7.43. The zero-order valence-corrected chi connectivity index (χ0v) is 12.1. The first kappa shape index (κ1) is 12.5. The van der Waals surface area contributed by atoms with Gasteiger partial charge < -0.3 is 4.90 Å². The summed E-state index contributed by atoms with van der Waals surface area (Å²) in [7, 11) is 0. The minimum atomic E-state index is -0.140. The molecule has 0 bridgehead atoms. The maximum atomic E-state index is 12.5. The second-order valence-electron chi connectivity index (χ2n) is 7.72. The predicted molar refractivity (Wildman–Crippen MR) is 71.9 cm³/mol. The van der Waals surface area contributed by atoms with Gasteiger partial charge in [0, 0.05) is 6.54 Å². The molecular formula is C15H26N2O. The van der Waals surface area contributed by atoms with E-state index in [0.717, 1.165) is 25.8 Å². The Bertz CT molecular complexity index is 371. The zero-order chi connectivity index (χ0) is 13.1. The van der Waals surface area contributed by atoms with Crippen LogP contribution in [0.15, 0.2) is 0 Å². The van der Waals surface area contributed by atoms with Crippen LogP contribution >= 0.6 is 0 Å². The summed E-state index contributed by atoms with van der Waals surface area (Å²) in [6.07, 6.45) is 4.74. The second kappa shape index (κ2) is 3.72. The molecule has 3 aliphatic rings. The lowest BCUT2D eigenvalue weighted by Gasteiger charge is -2.26. The lowest BCUT2D eigenvalue weighted by molar-refractivity contribution is -0.131. The van der Waals surface area contributed by atoms with Gasteiger partial charge in [-0.05, 0) is 42.9 Å². The van der Waals surface area contributed by atoms with Gasteiger partial charge in [-0.15, -0.1) is 0 Å². The Hall–Kier alpha value is -0.570. The fourth-order valence-electron chi connectivity index (χ4n) is 3.33. The smallest absolute Gasteiger partial charge is 0.244 e. The first-order chi connectivity index (χ1) is 8.34. The predicted octanol–water partition coefficient (Wildman–Crippen LogP) is 2.37. The Kier molecular flexibility index (Phi) is 2.58. The standard InChI is InChI=1S/C15H26N2O/c1-10(2)7-12-16-15(5-6-15)13(18)17(12)9-11-8-14(11,3)4/h10-12,16H,5-9H2,1-4H3. The maximum Gasteiger partial charge on any atom is 0.244 e. The van der Waals surface area contributed by atoms with Gasteiger partial charge in [0.2, 0.25) is 5.91 Å². The van der Waals surface area contributed by atoms with Crippen LogP contribution in [-0.4, -0.2) is 29.1 Å². The van der Waals surface area contributed by atoms with Crippen LogP contribution in [0.3, 0.4) is 0 Å². The van der Waals surface area contributed by atoms with E-state index >= 15 is 0 Å². The van der Waals surface area contributed by atoms with Gasteiger partial charge in [0.1, 0.15) is 0 Å². The van der Waals surface area contributed by atoms with Crippen LogP contribution in [0.4, 0.5) is 0 Å². The number of nitrogens with zero attached hydrogens (tertiary/aromatic N) is 1. The third-order valence-corrected chi connectivity index (χ3v) is 5.07. The summed E-state index contributed by atoms with van der Waals surface area (Å²) in [6.45, 7) is 10.1. The monoisotopic (exact) mass is 250 g/mol. The Morgan fingerprint density at radius 3 is 2.44 bits per heavy atom. The van der Waals surface area contributed by atoms with Crippen LogP contribution in [0.5, 0.6) is 0 Å². The topological polar surface area (TPSA) is 32.3 Å². The van der Waals surface area contributed by atoms with E-state index in [1.165, 1.54) is 6.42 Å². The molecule has 0 aromatic rings. The highest BCUT2D eigenvalue weighted by molar-refractivity contribution is 5.91. The molecular weight excluding hydrogens is 224 g/mol. The Labute approximate surface area is 110 Å². The van der Waals surface area contributed by atoms with Crippen molar-refractivity contribution < 1.29 is 4.79 Å². The van der Waals surface area contributed by atoms with Crippen molar-refractivity contribution >= 4 is 5.91 Å². The zero-order valence-electron chi connectivity index (χ0n) is 12.1. The Balaban J connectivity index is 1.70. The Morgan fingerprint density at radius 2 is 2.00 bits per heavy atom. The van der Waals surface area contributed by atoms with Gasteiger partial charge in [0.25, 0.3) is 0 Å². The van der Waals surface area contributed by atoms with Crippen molar-refractivity contribution in [2.75, 3.05) is 6.54 Å². The van der Waals surface area contributed by atoms with E-state index in [1.807, 2.05) is 0 Å². The summed E-state index contributed by atoms with van der Waals surface area (Å²) < 4.78 is 0. The van der Waals surface area contributed by atoms with Gasteiger partial charge >= 0.3 is 0 Å². The minimum absolute atomic E-state index is 0.140. The lowest BCUT2D eigenvalue weighted by atomic mass is 10.1. The van der Waals surface area contributed by atoms with Crippen LogP contribution in [0.2, 0.25) is 0 Å². The number of carbonyl (C=O) groups excluding carboxylic acids is 1. The molecule has 1 aliphatic heterocycles.